The van der Waals surface area contributed by atoms with E-state index in [0.717, 1.165) is 17.1 Å². The number of hydrogen-bond donors (Lipinski definition) is 3. The Morgan fingerprint density at radius 1 is 1.05 bits per heavy atom. The van der Waals surface area contributed by atoms with E-state index in [0.29, 0.717) is 9.98 Å². The highest BCUT2D eigenvalue weighted by Crippen LogP contribution is 2.04. The molecule has 0 fully saturated rings. The zero-order chi connectivity index (χ0) is 15.3. The topological polar surface area (TPSA) is 64.1 Å². The van der Waals surface area contributed by atoms with Gasteiger partial charge in [0.2, 0.25) is 0 Å². The molecule has 0 heterocycles. The molecule has 1 rings (SSSR count). The summed E-state index contributed by atoms with van der Waals surface area (Å²) in [6.07, 6.45) is 0.815. The summed E-state index contributed by atoms with van der Waals surface area (Å²) >= 11 is 13.7. The summed E-state index contributed by atoms with van der Waals surface area (Å²) in [5.74, 6) is 0. The lowest BCUT2D eigenvalue weighted by Gasteiger charge is -2.00. The summed E-state index contributed by atoms with van der Waals surface area (Å²) in [6, 6.07) is 9.89. The van der Waals surface area contributed by atoms with Crippen molar-refractivity contribution in [3.05, 3.63) is 30.3 Å². The molecule has 0 saturated heterocycles. The van der Waals surface area contributed by atoms with Crippen LogP contribution in [0.3, 0.4) is 0 Å². The molecule has 6 heteroatoms. The van der Waals surface area contributed by atoms with Crippen LogP contribution in [-0.2, 0) is 0 Å². The molecule has 0 aliphatic rings. The first-order valence-corrected chi connectivity index (χ1v) is 6.89. The van der Waals surface area contributed by atoms with Gasteiger partial charge in [0, 0.05) is 5.69 Å². The third kappa shape index (κ3) is 22.5. The number of rotatable bonds is 2. The maximum Gasteiger partial charge on any atom is 0.0765 e. The van der Waals surface area contributed by atoms with Gasteiger partial charge in [-0.3, -0.25) is 0 Å². The number of nitrogens with two attached hydrogens (primary N) is 2. The molecule has 0 amide bonds. The Morgan fingerprint density at radius 3 is 1.68 bits per heavy atom. The number of thiocarbonyl (C=S) groups is 3. The second kappa shape index (κ2) is 13.3. The van der Waals surface area contributed by atoms with Crippen LogP contribution in [0, 0.1) is 0 Å². The lowest BCUT2D eigenvalue weighted by atomic mass is 10.3. The second-order valence-corrected chi connectivity index (χ2v) is 5.26. The summed E-state index contributed by atoms with van der Waals surface area (Å²) in [4.78, 5) is 1.89. The molecule has 106 valence electrons. The maximum atomic E-state index is 5.02. The van der Waals surface area contributed by atoms with Crippen LogP contribution in [-0.4, -0.2) is 15.0 Å². The van der Waals surface area contributed by atoms with Crippen LogP contribution in [0.2, 0.25) is 0 Å². The van der Waals surface area contributed by atoms with Gasteiger partial charge in [0.15, 0.2) is 0 Å². The Morgan fingerprint density at radius 2 is 1.42 bits per heavy atom. The molecule has 5 N–H and O–H groups in total. The molecule has 0 saturated carbocycles. The quantitative estimate of drug-likeness (QED) is 0.727. The van der Waals surface area contributed by atoms with Gasteiger partial charge in [-0.1, -0.05) is 61.8 Å². The zero-order valence-electron chi connectivity index (χ0n) is 11.5. The largest absolute Gasteiger partial charge is 0.394 e. The van der Waals surface area contributed by atoms with E-state index in [2.05, 4.69) is 29.8 Å². The van der Waals surface area contributed by atoms with Crippen molar-refractivity contribution in [3.63, 3.8) is 0 Å². The van der Waals surface area contributed by atoms with E-state index in [1.165, 1.54) is 0 Å². The molecule has 0 radical (unpaired) electrons. The Balaban J connectivity index is 0. The van der Waals surface area contributed by atoms with Gasteiger partial charge >= 0.3 is 0 Å². The van der Waals surface area contributed by atoms with E-state index < -0.39 is 0 Å². The van der Waals surface area contributed by atoms with E-state index in [-0.39, 0.29) is 0 Å². The molecular formula is C13H21N3S3. The van der Waals surface area contributed by atoms with Gasteiger partial charge in [0.05, 0.1) is 15.0 Å². The van der Waals surface area contributed by atoms with Crippen LogP contribution >= 0.6 is 36.7 Å². The molecule has 0 bridgehead atoms. The van der Waals surface area contributed by atoms with Gasteiger partial charge in [0.1, 0.15) is 0 Å². The van der Waals surface area contributed by atoms with Crippen LogP contribution in [0.15, 0.2) is 30.3 Å². The van der Waals surface area contributed by atoms with Crippen molar-refractivity contribution < 1.29 is 0 Å². The highest BCUT2D eigenvalue weighted by Gasteiger charge is 1.86. The van der Waals surface area contributed by atoms with Gasteiger partial charge in [0.25, 0.3) is 0 Å². The summed E-state index contributed by atoms with van der Waals surface area (Å²) in [5, 5.41) is 3.04. The summed E-state index contributed by atoms with van der Waals surface area (Å²) in [7, 11) is 0. The molecule has 1 aromatic rings. The maximum absolute atomic E-state index is 5.02. The van der Waals surface area contributed by atoms with Crippen molar-refractivity contribution in [1.29, 1.82) is 0 Å². The van der Waals surface area contributed by atoms with Gasteiger partial charge in [-0.15, -0.1) is 0 Å². The Bertz CT molecular complexity index is 387. The first-order valence-electron chi connectivity index (χ1n) is 5.66. The first-order chi connectivity index (χ1) is 8.79. The fourth-order valence-electron chi connectivity index (χ4n) is 0.725. The Hall–Kier alpha value is -1.11. The smallest absolute Gasteiger partial charge is 0.0765 e. The molecule has 3 nitrogen and oxygen atoms in total. The SMILES string of the molecule is CC(=S)Nc1ccccc1.CC(N)=S.CCC(N)=S. The molecule has 0 spiro atoms. The monoisotopic (exact) mass is 315 g/mol. The van der Waals surface area contributed by atoms with E-state index in [1.807, 2.05) is 44.2 Å². The minimum Gasteiger partial charge on any atom is -0.394 e. The van der Waals surface area contributed by atoms with Crippen molar-refractivity contribution >= 4 is 57.3 Å². The molecule has 1 aromatic carbocycles. The van der Waals surface area contributed by atoms with Crippen LogP contribution < -0.4 is 16.8 Å². The van der Waals surface area contributed by atoms with E-state index in [9.17, 15) is 0 Å². The minimum atomic E-state index is 0.500. The fourth-order valence-corrected chi connectivity index (χ4v) is 0.843. The first kappa shape index (κ1) is 20.2. The highest BCUT2D eigenvalue weighted by atomic mass is 32.1. The number of benzene rings is 1. The van der Waals surface area contributed by atoms with Crippen molar-refractivity contribution in [2.75, 3.05) is 5.32 Å². The Kier molecular flexibility index (Phi) is 14.2. The van der Waals surface area contributed by atoms with E-state index in [1.54, 1.807) is 6.92 Å². The average molecular weight is 316 g/mol. The number of anilines is 1. The van der Waals surface area contributed by atoms with Gasteiger partial charge in [-0.05, 0) is 32.4 Å². The predicted octanol–water partition coefficient (Wildman–Crippen LogP) is 3.42. The average Bonchev–Trinajstić information content (AvgIpc) is 2.29. The lowest BCUT2D eigenvalue weighted by Crippen LogP contribution is -2.03. The molecule has 0 aromatic heterocycles. The van der Waals surface area contributed by atoms with Crippen LogP contribution in [0.5, 0.6) is 0 Å². The number of para-hydroxylation sites is 1. The standard InChI is InChI=1S/C8H9NS.C3H7NS.C2H5NS/c1-7(10)9-8-5-3-2-4-6-8;1-2-3(4)5;1-2(3)4/h2-6H,1H3,(H,9,10);2H2,1H3,(H2,4,5);1H3,(H2,3,4). The van der Waals surface area contributed by atoms with Crippen molar-refractivity contribution in [3.8, 4) is 0 Å². The van der Waals surface area contributed by atoms with Crippen molar-refractivity contribution in [2.45, 2.75) is 27.2 Å². The van der Waals surface area contributed by atoms with Crippen LogP contribution in [0.4, 0.5) is 5.69 Å². The molecule has 0 aliphatic carbocycles. The Labute approximate surface area is 131 Å². The zero-order valence-corrected chi connectivity index (χ0v) is 13.9. The third-order valence-corrected chi connectivity index (χ3v) is 1.83. The second-order valence-electron chi connectivity index (χ2n) is 3.48. The van der Waals surface area contributed by atoms with Gasteiger partial charge in [-0.25, -0.2) is 0 Å². The van der Waals surface area contributed by atoms with Crippen molar-refractivity contribution in [1.82, 2.24) is 0 Å². The van der Waals surface area contributed by atoms with E-state index in [4.69, 9.17) is 23.7 Å². The third-order valence-electron chi connectivity index (χ3n) is 1.44. The summed E-state index contributed by atoms with van der Waals surface area (Å²) in [6.45, 7) is 5.47. The molecule has 0 unspecified atom stereocenters. The molecular weight excluding hydrogens is 294 g/mol. The van der Waals surface area contributed by atoms with Crippen molar-refractivity contribution in [2.24, 2.45) is 11.5 Å². The summed E-state index contributed by atoms with van der Waals surface area (Å²) in [5.41, 5.74) is 10.9. The lowest BCUT2D eigenvalue weighted by molar-refractivity contribution is 1.29. The van der Waals surface area contributed by atoms with Gasteiger partial charge < -0.3 is 16.8 Å². The molecule has 19 heavy (non-hydrogen) atoms. The number of nitrogens with one attached hydrogen (secondary N) is 1. The van der Waals surface area contributed by atoms with Crippen LogP contribution in [0.1, 0.15) is 27.2 Å². The summed E-state index contributed by atoms with van der Waals surface area (Å²) < 4.78 is 0. The minimum absolute atomic E-state index is 0.500. The number of hydrogen-bond acceptors (Lipinski definition) is 3. The fraction of sp³-hybridized carbons (Fsp3) is 0.308. The van der Waals surface area contributed by atoms with Gasteiger partial charge in [-0.2, -0.15) is 0 Å². The highest BCUT2D eigenvalue weighted by molar-refractivity contribution is 7.80. The normalized spacial score (nSPS) is 7.95. The molecule has 0 aliphatic heterocycles. The predicted molar refractivity (Wildman–Crippen MR) is 97.9 cm³/mol. The van der Waals surface area contributed by atoms with E-state index >= 15 is 0 Å². The van der Waals surface area contributed by atoms with Crippen LogP contribution in [0.25, 0.3) is 0 Å². The molecule has 0 atom stereocenters.